The molecule has 2 heterocycles. The molecule has 0 unspecified atom stereocenters. The number of rotatable bonds is 4. The summed E-state index contributed by atoms with van der Waals surface area (Å²) in [5, 5.41) is 11.1. The maximum absolute atomic E-state index is 12.2. The van der Waals surface area contributed by atoms with Gasteiger partial charge in [-0.2, -0.15) is 17.0 Å². The largest absolute Gasteiger partial charge is 0.507 e. The highest BCUT2D eigenvalue weighted by Crippen LogP contribution is 2.30. The van der Waals surface area contributed by atoms with Gasteiger partial charge in [-0.25, -0.2) is 4.79 Å². The minimum Gasteiger partial charge on any atom is -0.507 e. The van der Waals surface area contributed by atoms with Gasteiger partial charge < -0.3 is 9.52 Å². The summed E-state index contributed by atoms with van der Waals surface area (Å²) in [5.74, 6) is 0.0669. The second-order valence-electron chi connectivity index (χ2n) is 7.04. The Bertz CT molecular complexity index is 1020. The van der Waals surface area contributed by atoms with Gasteiger partial charge in [0.15, 0.2) is 0 Å². The van der Waals surface area contributed by atoms with Crippen molar-refractivity contribution in [1.29, 1.82) is 0 Å². The van der Waals surface area contributed by atoms with Crippen LogP contribution in [0.4, 0.5) is 0 Å². The fourth-order valence-electron chi connectivity index (χ4n) is 3.28. The number of benzene rings is 1. The molecule has 1 N–H and O–H groups in total. The van der Waals surface area contributed by atoms with Crippen LogP contribution in [0.5, 0.6) is 5.75 Å². The molecule has 148 valence electrons. The zero-order valence-electron chi connectivity index (χ0n) is 16.0. The quantitative estimate of drug-likeness (QED) is 0.778. The normalized spacial score (nSPS) is 17.1. The maximum Gasteiger partial charge on any atom is 0.339 e. The zero-order chi connectivity index (χ0) is 19.9. The van der Waals surface area contributed by atoms with Crippen LogP contribution in [0, 0.1) is 13.8 Å². The average Bonchev–Trinajstić information content (AvgIpc) is 2.62. The molecule has 0 radical (unpaired) electrons. The first-order valence-corrected chi connectivity index (χ1v) is 10.2. The standard InChI is InChI=1S/C18H25N3O5S/c1-12-13(2)18(23)26-17-14(12)5-6-16(22)15(17)11-20-7-9-21(10-8-20)27(24,25)19(3)4/h5-6,22H,7-11H2,1-4H3. The Hall–Kier alpha value is -1.94. The van der Waals surface area contributed by atoms with Crippen molar-refractivity contribution in [3.63, 3.8) is 0 Å². The Morgan fingerprint density at radius 2 is 1.74 bits per heavy atom. The number of aromatic hydroxyl groups is 1. The summed E-state index contributed by atoms with van der Waals surface area (Å²) in [4.78, 5) is 14.1. The van der Waals surface area contributed by atoms with Crippen LogP contribution in [-0.2, 0) is 16.8 Å². The summed E-state index contributed by atoms with van der Waals surface area (Å²) in [7, 11) is -0.392. The number of fused-ring (bicyclic) bond motifs is 1. The lowest BCUT2D eigenvalue weighted by Crippen LogP contribution is -2.51. The monoisotopic (exact) mass is 395 g/mol. The van der Waals surface area contributed by atoms with Gasteiger partial charge in [-0.15, -0.1) is 0 Å². The lowest BCUT2D eigenvalue weighted by Gasteiger charge is -2.35. The van der Waals surface area contributed by atoms with E-state index >= 15 is 0 Å². The summed E-state index contributed by atoms with van der Waals surface area (Å²) in [6.45, 7) is 5.75. The van der Waals surface area contributed by atoms with Gasteiger partial charge in [-0.3, -0.25) is 4.90 Å². The van der Waals surface area contributed by atoms with Crippen molar-refractivity contribution in [2.75, 3.05) is 40.3 Å². The van der Waals surface area contributed by atoms with Crippen molar-refractivity contribution in [3.8, 4) is 5.75 Å². The molecule has 8 nitrogen and oxygen atoms in total. The van der Waals surface area contributed by atoms with E-state index in [9.17, 15) is 18.3 Å². The van der Waals surface area contributed by atoms with Crippen LogP contribution < -0.4 is 5.63 Å². The van der Waals surface area contributed by atoms with E-state index in [-0.39, 0.29) is 5.75 Å². The number of phenols is 1. The predicted molar refractivity (Wildman–Crippen MR) is 103 cm³/mol. The number of nitrogens with zero attached hydrogens (tertiary/aromatic N) is 3. The van der Waals surface area contributed by atoms with Crippen LogP contribution in [-0.4, -0.2) is 67.3 Å². The van der Waals surface area contributed by atoms with Gasteiger partial charge in [0.2, 0.25) is 0 Å². The van der Waals surface area contributed by atoms with E-state index in [2.05, 4.69) is 0 Å². The highest BCUT2D eigenvalue weighted by molar-refractivity contribution is 7.86. The molecule has 1 aromatic carbocycles. The van der Waals surface area contributed by atoms with Crippen LogP contribution >= 0.6 is 0 Å². The number of piperazine rings is 1. The van der Waals surface area contributed by atoms with Crippen molar-refractivity contribution in [3.05, 3.63) is 39.2 Å². The minimum absolute atomic E-state index is 0.0669. The molecule has 3 rings (SSSR count). The second-order valence-corrected chi connectivity index (χ2v) is 9.19. The molecule has 1 saturated heterocycles. The molecular weight excluding hydrogens is 370 g/mol. The fourth-order valence-corrected chi connectivity index (χ4v) is 4.37. The molecule has 1 aliphatic heterocycles. The lowest BCUT2D eigenvalue weighted by atomic mass is 10.0. The van der Waals surface area contributed by atoms with Crippen LogP contribution in [0.15, 0.2) is 21.3 Å². The summed E-state index contributed by atoms with van der Waals surface area (Å²) in [6.07, 6.45) is 0. The number of hydrogen-bond donors (Lipinski definition) is 1. The smallest absolute Gasteiger partial charge is 0.339 e. The van der Waals surface area contributed by atoms with Gasteiger partial charge in [-0.1, -0.05) is 0 Å². The summed E-state index contributed by atoms with van der Waals surface area (Å²) in [6, 6.07) is 3.36. The number of aryl methyl sites for hydroxylation is 1. The zero-order valence-corrected chi connectivity index (χ0v) is 16.8. The van der Waals surface area contributed by atoms with Crippen molar-refractivity contribution in [1.82, 2.24) is 13.5 Å². The lowest BCUT2D eigenvalue weighted by molar-refractivity contribution is 0.176. The van der Waals surface area contributed by atoms with Crippen LogP contribution in [0.25, 0.3) is 11.0 Å². The Kier molecular flexibility index (Phi) is 5.31. The maximum atomic E-state index is 12.2. The van der Waals surface area contributed by atoms with E-state index in [4.69, 9.17) is 4.42 Å². The third kappa shape index (κ3) is 3.60. The molecule has 1 fully saturated rings. The van der Waals surface area contributed by atoms with E-state index in [1.165, 1.54) is 22.7 Å². The van der Waals surface area contributed by atoms with Crippen molar-refractivity contribution in [2.45, 2.75) is 20.4 Å². The van der Waals surface area contributed by atoms with Crippen LogP contribution in [0.1, 0.15) is 16.7 Å². The first-order chi connectivity index (χ1) is 12.6. The van der Waals surface area contributed by atoms with Crippen molar-refractivity contribution in [2.24, 2.45) is 0 Å². The first-order valence-electron chi connectivity index (χ1n) is 8.77. The molecule has 9 heteroatoms. The van der Waals surface area contributed by atoms with Gasteiger partial charge >= 0.3 is 5.63 Å². The predicted octanol–water partition coefficient (Wildman–Crippen LogP) is 1.04. The van der Waals surface area contributed by atoms with Gasteiger partial charge in [-0.05, 0) is 31.5 Å². The van der Waals surface area contributed by atoms with Crippen molar-refractivity contribution < 1.29 is 17.9 Å². The van der Waals surface area contributed by atoms with Crippen LogP contribution in [0.3, 0.4) is 0 Å². The molecular formula is C18H25N3O5S. The molecule has 0 spiro atoms. The van der Waals surface area contributed by atoms with E-state index in [0.29, 0.717) is 49.4 Å². The molecule has 27 heavy (non-hydrogen) atoms. The summed E-state index contributed by atoms with van der Waals surface area (Å²) >= 11 is 0. The van der Waals surface area contributed by atoms with Gasteiger partial charge in [0.25, 0.3) is 10.2 Å². The molecule has 1 aliphatic rings. The van der Waals surface area contributed by atoms with E-state index in [1.807, 2.05) is 11.8 Å². The number of phenolic OH excluding ortho intramolecular Hbond substituents is 1. The topological polar surface area (TPSA) is 94.3 Å². The molecule has 2 aromatic rings. The van der Waals surface area contributed by atoms with Gasteiger partial charge in [0.1, 0.15) is 11.3 Å². The molecule has 1 aromatic heterocycles. The average molecular weight is 395 g/mol. The molecule has 0 bridgehead atoms. The third-order valence-electron chi connectivity index (χ3n) is 5.20. The fraction of sp³-hybridized carbons (Fsp3) is 0.500. The summed E-state index contributed by atoms with van der Waals surface area (Å²) in [5.41, 5.74) is 1.93. The second kappa shape index (κ2) is 7.23. The molecule has 0 atom stereocenters. The van der Waals surface area contributed by atoms with Crippen LogP contribution in [0.2, 0.25) is 0 Å². The Balaban J connectivity index is 1.86. The molecule has 0 amide bonds. The molecule has 0 aliphatic carbocycles. The van der Waals surface area contributed by atoms with E-state index < -0.39 is 15.8 Å². The Morgan fingerprint density at radius 3 is 2.33 bits per heavy atom. The Morgan fingerprint density at radius 1 is 1.11 bits per heavy atom. The SMILES string of the molecule is Cc1c(C)c2ccc(O)c(CN3CCN(S(=O)(=O)N(C)C)CC3)c2oc1=O. The molecule has 0 saturated carbocycles. The first kappa shape index (κ1) is 19.8. The van der Waals surface area contributed by atoms with Gasteiger partial charge in [0, 0.05) is 57.8 Å². The Labute approximate surface area is 158 Å². The van der Waals surface area contributed by atoms with Crippen molar-refractivity contribution >= 4 is 21.2 Å². The third-order valence-corrected chi connectivity index (χ3v) is 7.14. The minimum atomic E-state index is -3.42. The highest BCUT2D eigenvalue weighted by atomic mass is 32.2. The van der Waals surface area contributed by atoms with E-state index in [1.54, 1.807) is 19.1 Å². The van der Waals surface area contributed by atoms with E-state index in [0.717, 1.165) is 10.9 Å². The summed E-state index contributed by atoms with van der Waals surface area (Å²) < 4.78 is 32.6. The van der Waals surface area contributed by atoms with Gasteiger partial charge in [0.05, 0.1) is 5.56 Å². The highest BCUT2D eigenvalue weighted by Gasteiger charge is 2.29. The number of hydrogen-bond acceptors (Lipinski definition) is 6.